The van der Waals surface area contributed by atoms with Gasteiger partial charge in [0.2, 0.25) is 0 Å². The lowest BCUT2D eigenvalue weighted by Crippen LogP contribution is -2.41. The maximum absolute atomic E-state index is 14.2. The molecule has 0 saturated heterocycles. The highest BCUT2D eigenvalue weighted by molar-refractivity contribution is 6.10. The van der Waals surface area contributed by atoms with Crippen molar-refractivity contribution in [3.05, 3.63) is 105 Å². The lowest BCUT2D eigenvalue weighted by molar-refractivity contribution is -0.384. The van der Waals surface area contributed by atoms with Gasteiger partial charge in [-0.25, -0.2) is 4.39 Å². The zero-order valence-corrected chi connectivity index (χ0v) is 16.2. The number of ketones is 1. The van der Waals surface area contributed by atoms with Crippen LogP contribution in [0, 0.1) is 15.9 Å². The second kappa shape index (κ2) is 7.73. The van der Waals surface area contributed by atoms with Gasteiger partial charge in [0, 0.05) is 28.8 Å². The number of aliphatic hydroxyl groups is 1. The number of halogens is 1. The van der Waals surface area contributed by atoms with Crippen molar-refractivity contribution in [1.82, 2.24) is 0 Å². The Bertz CT molecular complexity index is 1210. The molecule has 8 heteroatoms. The van der Waals surface area contributed by atoms with Gasteiger partial charge in [0.15, 0.2) is 11.4 Å². The number of non-ortho nitro benzene ring substituents is 1. The van der Waals surface area contributed by atoms with Gasteiger partial charge in [-0.15, -0.1) is 0 Å². The number of carbonyl (C=O) groups excluding carboxylic acids is 2. The number of carbonyl (C=O) groups is 2. The summed E-state index contributed by atoms with van der Waals surface area (Å²) in [6, 6.07) is 17.6. The van der Waals surface area contributed by atoms with E-state index in [4.69, 9.17) is 0 Å². The summed E-state index contributed by atoms with van der Waals surface area (Å²) in [7, 11) is 0. The Morgan fingerprint density at radius 1 is 1.06 bits per heavy atom. The third kappa shape index (κ3) is 3.57. The number of para-hydroxylation sites is 1. The number of anilines is 1. The number of amides is 1. The summed E-state index contributed by atoms with van der Waals surface area (Å²) >= 11 is 0. The van der Waals surface area contributed by atoms with E-state index in [0.717, 1.165) is 6.07 Å². The molecule has 0 fully saturated rings. The molecule has 1 amide bonds. The lowest BCUT2D eigenvalue weighted by atomic mass is 9.88. The monoisotopic (exact) mass is 420 g/mol. The molecule has 31 heavy (non-hydrogen) atoms. The van der Waals surface area contributed by atoms with E-state index in [1.54, 1.807) is 24.3 Å². The smallest absolute Gasteiger partial charge is 0.270 e. The van der Waals surface area contributed by atoms with Crippen LogP contribution in [0.2, 0.25) is 0 Å². The first kappa shape index (κ1) is 20.4. The molecule has 0 spiro atoms. The van der Waals surface area contributed by atoms with Crippen LogP contribution in [-0.4, -0.2) is 21.7 Å². The van der Waals surface area contributed by atoms with E-state index in [-0.39, 0.29) is 28.9 Å². The molecule has 156 valence electrons. The highest BCUT2D eigenvalue weighted by Gasteiger charge is 2.50. The fourth-order valence-electron chi connectivity index (χ4n) is 3.76. The van der Waals surface area contributed by atoms with Crippen LogP contribution in [-0.2, 0) is 16.9 Å². The summed E-state index contributed by atoms with van der Waals surface area (Å²) in [5.74, 6) is -1.87. The quantitative estimate of drug-likeness (QED) is 0.372. The molecule has 0 saturated carbocycles. The fourth-order valence-corrected chi connectivity index (χ4v) is 3.76. The van der Waals surface area contributed by atoms with E-state index in [1.807, 2.05) is 0 Å². The zero-order valence-electron chi connectivity index (χ0n) is 16.2. The Morgan fingerprint density at radius 2 is 1.77 bits per heavy atom. The highest BCUT2D eigenvalue weighted by atomic mass is 19.1. The molecule has 0 radical (unpaired) electrons. The Hall–Kier alpha value is -3.91. The van der Waals surface area contributed by atoms with Crippen LogP contribution in [0.25, 0.3) is 0 Å². The predicted octanol–water partition coefficient (Wildman–Crippen LogP) is 3.74. The van der Waals surface area contributed by atoms with Crippen LogP contribution >= 0.6 is 0 Å². The minimum atomic E-state index is -2.16. The Balaban J connectivity index is 1.68. The summed E-state index contributed by atoms with van der Waals surface area (Å²) in [6.07, 6.45) is -0.599. The number of benzene rings is 3. The molecule has 3 aromatic rings. The van der Waals surface area contributed by atoms with Crippen LogP contribution in [0.4, 0.5) is 15.8 Å². The zero-order chi connectivity index (χ0) is 22.2. The van der Waals surface area contributed by atoms with Crippen LogP contribution in [0.1, 0.15) is 27.9 Å². The van der Waals surface area contributed by atoms with E-state index in [2.05, 4.69) is 0 Å². The lowest BCUT2D eigenvalue weighted by Gasteiger charge is -2.23. The van der Waals surface area contributed by atoms with E-state index in [9.17, 15) is 29.2 Å². The number of fused-ring (bicyclic) bond motifs is 1. The van der Waals surface area contributed by atoms with Crippen molar-refractivity contribution >= 4 is 23.1 Å². The minimum absolute atomic E-state index is 0.0143. The molecule has 1 aliphatic rings. The van der Waals surface area contributed by atoms with Gasteiger partial charge in [-0.2, -0.15) is 0 Å². The number of nitro groups is 1. The molecule has 4 rings (SSSR count). The first-order valence-electron chi connectivity index (χ1n) is 9.46. The summed E-state index contributed by atoms with van der Waals surface area (Å²) in [5.41, 5.74) is -1.54. The number of hydrogen-bond donors (Lipinski definition) is 1. The molecule has 3 aromatic carbocycles. The molecule has 0 aromatic heterocycles. The van der Waals surface area contributed by atoms with Crippen molar-refractivity contribution in [3.63, 3.8) is 0 Å². The van der Waals surface area contributed by atoms with Crippen LogP contribution in [0.3, 0.4) is 0 Å². The second-order valence-electron chi connectivity index (χ2n) is 7.27. The highest BCUT2D eigenvalue weighted by Crippen LogP contribution is 2.43. The molecule has 1 heterocycles. The van der Waals surface area contributed by atoms with Gasteiger partial charge in [-0.1, -0.05) is 48.5 Å². The van der Waals surface area contributed by atoms with Gasteiger partial charge in [-0.3, -0.25) is 19.7 Å². The number of rotatable bonds is 6. The SMILES string of the molecule is O=C(C[C@@]1(O)C(=O)N(Cc2ccccc2F)c2ccccc21)c1cccc([N+](=O)[O-])c1. The predicted molar refractivity (Wildman–Crippen MR) is 110 cm³/mol. The maximum atomic E-state index is 14.2. The average Bonchev–Trinajstić information content (AvgIpc) is 2.97. The largest absolute Gasteiger partial charge is 0.375 e. The molecule has 1 N–H and O–H groups in total. The number of hydrogen-bond acceptors (Lipinski definition) is 5. The van der Waals surface area contributed by atoms with Gasteiger partial charge < -0.3 is 10.0 Å². The Labute approximate surface area is 176 Å². The van der Waals surface area contributed by atoms with Gasteiger partial charge >= 0.3 is 0 Å². The number of nitrogens with zero attached hydrogens (tertiary/aromatic N) is 2. The molecule has 1 aliphatic heterocycles. The van der Waals surface area contributed by atoms with Crippen molar-refractivity contribution in [3.8, 4) is 0 Å². The van der Waals surface area contributed by atoms with E-state index in [0.29, 0.717) is 5.69 Å². The molecule has 1 atom stereocenters. The molecular formula is C23H17FN2O5. The topological polar surface area (TPSA) is 101 Å². The standard InChI is InChI=1S/C23H17FN2O5/c24-19-10-3-1-6-16(19)14-25-20-11-4-2-9-18(20)23(29,22(25)28)13-21(27)15-7-5-8-17(12-15)26(30)31/h1-12,29H,13-14H2/t23-/m0/s1. The summed E-state index contributed by atoms with van der Waals surface area (Å²) in [6.45, 7) is -0.115. The molecule has 0 unspecified atom stereocenters. The van der Waals surface area contributed by atoms with Crippen LogP contribution in [0.15, 0.2) is 72.8 Å². The van der Waals surface area contributed by atoms with E-state index < -0.39 is 34.5 Å². The Morgan fingerprint density at radius 3 is 2.52 bits per heavy atom. The third-order valence-electron chi connectivity index (χ3n) is 5.32. The average molecular weight is 420 g/mol. The molecule has 7 nitrogen and oxygen atoms in total. The van der Waals surface area contributed by atoms with Gasteiger partial charge in [0.05, 0.1) is 23.6 Å². The fraction of sp³-hybridized carbons (Fsp3) is 0.130. The summed E-state index contributed by atoms with van der Waals surface area (Å²) in [4.78, 5) is 37.7. The van der Waals surface area contributed by atoms with Gasteiger partial charge in [-0.05, 0) is 12.1 Å². The normalized spacial score (nSPS) is 17.5. The summed E-state index contributed by atoms with van der Waals surface area (Å²) < 4.78 is 14.2. The van der Waals surface area contributed by atoms with Crippen LogP contribution in [0.5, 0.6) is 0 Å². The van der Waals surface area contributed by atoms with Gasteiger partial charge in [0.1, 0.15) is 5.82 Å². The van der Waals surface area contributed by atoms with E-state index in [1.165, 1.54) is 47.4 Å². The first-order chi connectivity index (χ1) is 14.8. The molecular weight excluding hydrogens is 403 g/mol. The number of Topliss-reactive ketones (excluding diaryl/α,β-unsaturated/α-hetero) is 1. The summed E-state index contributed by atoms with van der Waals surface area (Å²) in [5, 5.41) is 22.3. The Kier molecular flexibility index (Phi) is 5.08. The molecule has 0 aliphatic carbocycles. The third-order valence-corrected chi connectivity index (χ3v) is 5.32. The van der Waals surface area contributed by atoms with Crippen molar-refractivity contribution in [2.75, 3.05) is 4.90 Å². The van der Waals surface area contributed by atoms with Crippen molar-refractivity contribution in [2.24, 2.45) is 0 Å². The minimum Gasteiger partial charge on any atom is -0.375 e. The van der Waals surface area contributed by atoms with Crippen LogP contribution < -0.4 is 4.90 Å². The number of nitro benzene ring substituents is 1. The second-order valence-corrected chi connectivity index (χ2v) is 7.27. The van der Waals surface area contributed by atoms with E-state index >= 15 is 0 Å². The van der Waals surface area contributed by atoms with Gasteiger partial charge in [0.25, 0.3) is 11.6 Å². The molecule has 0 bridgehead atoms. The first-order valence-corrected chi connectivity index (χ1v) is 9.46. The van der Waals surface area contributed by atoms with Crippen molar-refractivity contribution in [2.45, 2.75) is 18.6 Å². The van der Waals surface area contributed by atoms with Crippen molar-refractivity contribution in [1.29, 1.82) is 0 Å². The van der Waals surface area contributed by atoms with Crippen molar-refractivity contribution < 1.29 is 24.0 Å². The maximum Gasteiger partial charge on any atom is 0.270 e.